The predicted octanol–water partition coefficient (Wildman–Crippen LogP) is 4.00. The third kappa shape index (κ3) is 8.43. The highest BCUT2D eigenvalue weighted by molar-refractivity contribution is 7.86. The highest BCUT2D eigenvalue weighted by Crippen LogP contribution is 2.61. The van der Waals surface area contributed by atoms with Gasteiger partial charge < -0.3 is 4.55 Å². The standard InChI is InChI=1S/C13H32N2P.CHF3O3S/c1-7-12-13-16(6,14(8-2)9-3)15(10-4)11-5;2-1(3,4)8(5,6)7/h7-13H2,1-6H3;(H,5,6,7)/q+1;/p-1. The van der Waals surface area contributed by atoms with Crippen LogP contribution >= 0.6 is 7.56 Å². The van der Waals surface area contributed by atoms with Gasteiger partial charge in [-0.1, -0.05) is 13.3 Å². The molecule has 0 fully saturated rings. The molecule has 5 nitrogen and oxygen atoms in total. The lowest BCUT2D eigenvalue weighted by Gasteiger charge is -2.39. The lowest BCUT2D eigenvalue weighted by atomic mass is 10.4. The van der Waals surface area contributed by atoms with Gasteiger partial charge in [0.2, 0.25) is 0 Å². The fourth-order valence-corrected chi connectivity index (χ4v) is 6.86. The maximum Gasteiger partial charge on any atom is 0.485 e. The summed E-state index contributed by atoms with van der Waals surface area (Å²) in [6.07, 6.45) is 4.09. The Balaban J connectivity index is 0. The van der Waals surface area contributed by atoms with Crippen LogP contribution in [0.25, 0.3) is 0 Å². The zero-order valence-electron chi connectivity index (χ0n) is 15.6. The van der Waals surface area contributed by atoms with Crippen LogP contribution in [-0.4, -0.2) is 66.8 Å². The van der Waals surface area contributed by atoms with Gasteiger partial charge >= 0.3 is 5.51 Å². The van der Waals surface area contributed by atoms with Crippen LogP contribution in [0.4, 0.5) is 13.2 Å². The van der Waals surface area contributed by atoms with E-state index < -0.39 is 23.2 Å². The molecule has 0 radical (unpaired) electrons. The zero-order chi connectivity index (χ0) is 19.6. The Morgan fingerprint density at radius 2 is 1.21 bits per heavy atom. The summed E-state index contributed by atoms with van der Waals surface area (Å²) in [6, 6.07) is 0. The fourth-order valence-electron chi connectivity index (χ4n) is 2.59. The number of hydrogen-bond acceptors (Lipinski definition) is 5. The van der Waals surface area contributed by atoms with E-state index in [-0.39, 0.29) is 0 Å². The molecule has 0 unspecified atom stereocenters. The summed E-state index contributed by atoms with van der Waals surface area (Å²) in [5.74, 6) is 0. The SMILES string of the molecule is CCCC[P+](C)(N(CC)CC)N(CC)CC.O=S(=O)([O-])C(F)(F)F. The summed E-state index contributed by atoms with van der Waals surface area (Å²) >= 11 is 0. The highest BCUT2D eigenvalue weighted by atomic mass is 32.2. The van der Waals surface area contributed by atoms with Gasteiger partial charge in [-0.2, -0.15) is 22.5 Å². The first kappa shape index (κ1) is 26.3. The molecule has 0 aromatic rings. The van der Waals surface area contributed by atoms with Gasteiger partial charge in [-0.15, -0.1) is 0 Å². The lowest BCUT2D eigenvalue weighted by molar-refractivity contribution is -0.0517. The molecule has 0 aliphatic carbocycles. The maximum absolute atomic E-state index is 10.7. The van der Waals surface area contributed by atoms with Crippen molar-refractivity contribution in [3.8, 4) is 0 Å². The van der Waals surface area contributed by atoms with Crippen LogP contribution in [0.15, 0.2) is 0 Å². The Morgan fingerprint density at radius 3 is 1.38 bits per heavy atom. The fraction of sp³-hybridized carbons (Fsp3) is 1.00. The van der Waals surface area contributed by atoms with E-state index in [1.165, 1.54) is 45.2 Å². The Bertz CT molecular complexity index is 413. The Morgan fingerprint density at radius 1 is 0.917 bits per heavy atom. The van der Waals surface area contributed by atoms with Crippen molar-refractivity contribution in [1.82, 2.24) is 9.34 Å². The third-order valence-electron chi connectivity index (χ3n) is 3.90. The molecule has 0 spiro atoms. The number of hydrogen-bond donors (Lipinski definition) is 0. The van der Waals surface area contributed by atoms with Gasteiger partial charge in [0, 0.05) is 26.2 Å². The molecular formula is C14H32F3N2O3PS. The molecule has 0 atom stereocenters. The minimum atomic E-state index is -6.09. The summed E-state index contributed by atoms with van der Waals surface area (Å²) < 4.78 is 64.3. The third-order valence-corrected chi connectivity index (χ3v) is 9.20. The Labute approximate surface area is 145 Å². The highest BCUT2D eigenvalue weighted by Gasteiger charge is 2.42. The smallest absolute Gasteiger partial charge is 0.485 e. The predicted molar refractivity (Wildman–Crippen MR) is 94.2 cm³/mol. The lowest BCUT2D eigenvalue weighted by Crippen LogP contribution is -2.37. The molecule has 0 saturated carbocycles. The van der Waals surface area contributed by atoms with E-state index in [0.29, 0.717) is 0 Å². The Hall–Kier alpha value is 0.0500. The van der Waals surface area contributed by atoms with Crippen molar-refractivity contribution in [3.05, 3.63) is 0 Å². The van der Waals surface area contributed by atoms with Crippen LogP contribution < -0.4 is 0 Å². The van der Waals surface area contributed by atoms with Gasteiger partial charge in [0.1, 0.15) is 7.56 Å². The number of halogens is 3. The van der Waals surface area contributed by atoms with Crippen LogP contribution in [0, 0.1) is 0 Å². The average Bonchev–Trinajstić information content (AvgIpc) is 2.46. The maximum atomic E-state index is 10.7. The van der Waals surface area contributed by atoms with E-state index in [4.69, 9.17) is 13.0 Å². The van der Waals surface area contributed by atoms with Gasteiger partial charge in [-0.3, -0.25) is 0 Å². The number of rotatable bonds is 9. The topological polar surface area (TPSA) is 63.7 Å². The van der Waals surface area contributed by atoms with Crippen LogP contribution in [0.2, 0.25) is 0 Å². The molecule has 0 aromatic heterocycles. The number of alkyl halides is 3. The van der Waals surface area contributed by atoms with E-state index in [0.717, 1.165) is 0 Å². The number of unbranched alkanes of at least 4 members (excludes halogenated alkanes) is 1. The number of nitrogens with zero attached hydrogens (tertiary/aromatic N) is 2. The van der Waals surface area contributed by atoms with Crippen molar-refractivity contribution < 1.29 is 26.1 Å². The molecule has 0 rings (SSSR count). The first-order valence-electron chi connectivity index (χ1n) is 8.23. The molecule has 24 heavy (non-hydrogen) atoms. The van der Waals surface area contributed by atoms with Crippen molar-refractivity contribution in [2.45, 2.75) is 53.0 Å². The zero-order valence-corrected chi connectivity index (χ0v) is 17.3. The first-order valence-corrected chi connectivity index (χ1v) is 12.0. The van der Waals surface area contributed by atoms with Gasteiger partial charge in [-0.25, -0.2) is 8.42 Å². The van der Waals surface area contributed by atoms with Gasteiger partial charge in [0.25, 0.3) is 0 Å². The summed E-state index contributed by atoms with van der Waals surface area (Å²) in [4.78, 5) is 0. The molecule has 0 aliphatic heterocycles. The summed E-state index contributed by atoms with van der Waals surface area (Å²) in [5, 5.41) is 0. The molecule has 0 heterocycles. The monoisotopic (exact) mass is 396 g/mol. The molecule has 0 bridgehead atoms. The second-order valence-electron chi connectivity index (χ2n) is 5.34. The van der Waals surface area contributed by atoms with Gasteiger partial charge in [-0.05, 0) is 34.1 Å². The van der Waals surface area contributed by atoms with Crippen LogP contribution in [0.1, 0.15) is 47.5 Å². The van der Waals surface area contributed by atoms with Crippen LogP contribution in [0.3, 0.4) is 0 Å². The average molecular weight is 396 g/mol. The molecule has 0 aliphatic rings. The quantitative estimate of drug-likeness (QED) is 0.335. The Kier molecular flexibility index (Phi) is 12.7. The van der Waals surface area contributed by atoms with Gasteiger partial charge in [0.15, 0.2) is 10.1 Å². The van der Waals surface area contributed by atoms with E-state index >= 15 is 0 Å². The molecule has 0 aromatic carbocycles. The second kappa shape index (κ2) is 11.6. The van der Waals surface area contributed by atoms with Crippen molar-refractivity contribution in [1.29, 1.82) is 0 Å². The van der Waals surface area contributed by atoms with Crippen molar-refractivity contribution in [2.75, 3.05) is 39.0 Å². The first-order chi connectivity index (χ1) is 10.8. The summed E-state index contributed by atoms with van der Waals surface area (Å²) in [7, 11) is -7.13. The van der Waals surface area contributed by atoms with Gasteiger partial charge in [0.05, 0.1) is 12.8 Å². The minimum absolute atomic E-state index is 1.04. The second-order valence-corrected chi connectivity index (χ2v) is 10.5. The van der Waals surface area contributed by atoms with Crippen molar-refractivity contribution in [2.24, 2.45) is 0 Å². The molecule has 0 N–H and O–H groups in total. The largest absolute Gasteiger partial charge is 0.741 e. The van der Waals surface area contributed by atoms with Crippen LogP contribution in [0.5, 0.6) is 0 Å². The molecule has 148 valence electrons. The normalized spacial score (nSPS) is 13.2. The van der Waals surface area contributed by atoms with E-state index in [1.807, 2.05) is 0 Å². The molecular weight excluding hydrogens is 364 g/mol. The van der Waals surface area contributed by atoms with Crippen molar-refractivity contribution >= 4 is 17.7 Å². The molecule has 10 heteroatoms. The van der Waals surface area contributed by atoms with E-state index in [9.17, 15) is 13.2 Å². The van der Waals surface area contributed by atoms with Crippen molar-refractivity contribution in [3.63, 3.8) is 0 Å². The molecule has 0 amide bonds. The van der Waals surface area contributed by atoms with Crippen LogP contribution in [-0.2, 0) is 10.1 Å². The minimum Gasteiger partial charge on any atom is -0.741 e. The molecule has 0 saturated heterocycles. The van der Waals surface area contributed by atoms with E-state index in [2.05, 4.69) is 50.6 Å². The summed E-state index contributed by atoms with van der Waals surface area (Å²) in [6.45, 7) is 18.8. The van der Waals surface area contributed by atoms with E-state index in [1.54, 1.807) is 0 Å². The summed E-state index contributed by atoms with van der Waals surface area (Å²) in [5.41, 5.74) is -5.65.